The molecule has 25 heavy (non-hydrogen) atoms. The third-order valence-electron chi connectivity index (χ3n) is 4.95. The molecule has 3 aromatic rings. The SMILES string of the molecule is Cc1ncc(CN[C@@H]2CCCc3nc(-c4cccnc4)ncc32)n1C. The molecule has 128 valence electrons. The van der Waals surface area contributed by atoms with Crippen molar-refractivity contribution in [3.8, 4) is 11.4 Å². The van der Waals surface area contributed by atoms with Gasteiger partial charge in [0, 0.05) is 61.2 Å². The Morgan fingerprint density at radius 2 is 2.16 bits per heavy atom. The van der Waals surface area contributed by atoms with Gasteiger partial charge in [-0.3, -0.25) is 4.98 Å². The number of aromatic nitrogens is 5. The number of fused-ring (bicyclic) bond motifs is 1. The predicted molar refractivity (Wildman–Crippen MR) is 95.7 cm³/mol. The van der Waals surface area contributed by atoms with Crippen LogP contribution in [0.2, 0.25) is 0 Å². The smallest absolute Gasteiger partial charge is 0.160 e. The normalized spacial score (nSPS) is 16.6. The molecule has 0 unspecified atom stereocenters. The minimum Gasteiger partial charge on any atom is -0.334 e. The highest BCUT2D eigenvalue weighted by atomic mass is 15.1. The van der Waals surface area contributed by atoms with Gasteiger partial charge in [-0.15, -0.1) is 0 Å². The first-order chi connectivity index (χ1) is 12.2. The van der Waals surface area contributed by atoms with Gasteiger partial charge in [0.25, 0.3) is 0 Å². The number of nitrogens with one attached hydrogen (secondary N) is 1. The molecule has 0 saturated carbocycles. The number of rotatable bonds is 4. The maximum Gasteiger partial charge on any atom is 0.160 e. The Labute approximate surface area is 147 Å². The van der Waals surface area contributed by atoms with Crippen LogP contribution in [0.5, 0.6) is 0 Å². The first kappa shape index (κ1) is 15.9. The fourth-order valence-corrected chi connectivity index (χ4v) is 3.33. The van der Waals surface area contributed by atoms with Crippen molar-refractivity contribution in [3.63, 3.8) is 0 Å². The highest BCUT2D eigenvalue weighted by Crippen LogP contribution is 2.29. The van der Waals surface area contributed by atoms with E-state index in [2.05, 4.69) is 31.9 Å². The summed E-state index contributed by atoms with van der Waals surface area (Å²) in [4.78, 5) is 17.9. The predicted octanol–water partition coefficient (Wildman–Crippen LogP) is 2.75. The molecule has 0 aliphatic heterocycles. The minimum absolute atomic E-state index is 0.293. The molecule has 1 aliphatic carbocycles. The number of hydrogen-bond acceptors (Lipinski definition) is 5. The Morgan fingerprint density at radius 3 is 2.92 bits per heavy atom. The molecule has 0 fully saturated rings. The van der Waals surface area contributed by atoms with Gasteiger partial charge in [-0.25, -0.2) is 15.0 Å². The third-order valence-corrected chi connectivity index (χ3v) is 4.95. The van der Waals surface area contributed by atoms with E-state index in [0.717, 1.165) is 48.7 Å². The summed E-state index contributed by atoms with van der Waals surface area (Å²) in [5.74, 6) is 1.79. The second kappa shape index (κ2) is 6.72. The van der Waals surface area contributed by atoms with Gasteiger partial charge < -0.3 is 9.88 Å². The van der Waals surface area contributed by atoms with Gasteiger partial charge in [-0.05, 0) is 38.3 Å². The fraction of sp³-hybridized carbons (Fsp3) is 0.368. The second-order valence-electron chi connectivity index (χ2n) is 6.52. The molecule has 0 bridgehead atoms. The van der Waals surface area contributed by atoms with Crippen LogP contribution >= 0.6 is 0 Å². The Kier molecular flexibility index (Phi) is 4.28. The molecule has 3 heterocycles. The second-order valence-corrected chi connectivity index (χ2v) is 6.52. The molecule has 1 atom stereocenters. The van der Waals surface area contributed by atoms with E-state index in [1.54, 1.807) is 6.20 Å². The summed E-state index contributed by atoms with van der Waals surface area (Å²) in [5.41, 5.74) is 4.53. The number of aryl methyl sites for hydroxylation is 2. The molecule has 0 amide bonds. The number of imidazole rings is 1. The zero-order valence-corrected chi connectivity index (χ0v) is 14.6. The van der Waals surface area contributed by atoms with Crippen LogP contribution in [0.3, 0.4) is 0 Å². The summed E-state index contributed by atoms with van der Waals surface area (Å²) in [6.45, 7) is 2.82. The molecule has 0 saturated heterocycles. The van der Waals surface area contributed by atoms with Crippen molar-refractivity contribution < 1.29 is 0 Å². The van der Waals surface area contributed by atoms with Crippen LogP contribution < -0.4 is 5.32 Å². The standard InChI is InChI=1S/C19H22N6/c1-13-21-10-15(25(13)2)11-22-17-6-3-7-18-16(17)12-23-19(24-18)14-5-4-8-20-9-14/h4-5,8-10,12,17,22H,3,6-7,11H2,1-2H3/t17-/m1/s1. The van der Waals surface area contributed by atoms with E-state index in [1.807, 2.05) is 37.6 Å². The Balaban J connectivity index is 1.55. The van der Waals surface area contributed by atoms with Gasteiger partial charge in [-0.1, -0.05) is 0 Å². The van der Waals surface area contributed by atoms with Crippen LogP contribution in [0.15, 0.2) is 36.9 Å². The van der Waals surface area contributed by atoms with Crippen LogP contribution in [0.25, 0.3) is 11.4 Å². The molecule has 6 heteroatoms. The highest BCUT2D eigenvalue weighted by molar-refractivity contribution is 5.53. The number of hydrogen-bond donors (Lipinski definition) is 1. The Hall–Kier alpha value is -2.60. The summed E-state index contributed by atoms with van der Waals surface area (Å²) in [6.07, 6.45) is 10.8. The molecule has 0 radical (unpaired) electrons. The topological polar surface area (TPSA) is 68.5 Å². The van der Waals surface area contributed by atoms with Crippen molar-refractivity contribution in [1.82, 2.24) is 29.8 Å². The van der Waals surface area contributed by atoms with E-state index >= 15 is 0 Å². The number of nitrogens with zero attached hydrogens (tertiary/aromatic N) is 5. The molecule has 6 nitrogen and oxygen atoms in total. The molecule has 3 aromatic heterocycles. The van der Waals surface area contributed by atoms with E-state index in [-0.39, 0.29) is 0 Å². The lowest BCUT2D eigenvalue weighted by Gasteiger charge is -2.25. The number of pyridine rings is 1. The third kappa shape index (κ3) is 3.17. The Morgan fingerprint density at radius 1 is 1.24 bits per heavy atom. The maximum atomic E-state index is 4.80. The Bertz CT molecular complexity index is 871. The molecule has 0 spiro atoms. The fourth-order valence-electron chi connectivity index (χ4n) is 3.33. The van der Waals surface area contributed by atoms with Gasteiger partial charge in [-0.2, -0.15) is 0 Å². The van der Waals surface area contributed by atoms with Gasteiger partial charge >= 0.3 is 0 Å². The first-order valence-electron chi connectivity index (χ1n) is 8.69. The summed E-state index contributed by atoms with van der Waals surface area (Å²) in [6, 6.07) is 4.21. The van der Waals surface area contributed by atoms with Crippen molar-refractivity contribution in [1.29, 1.82) is 0 Å². The maximum absolute atomic E-state index is 4.80. The van der Waals surface area contributed by atoms with E-state index in [0.29, 0.717) is 6.04 Å². The van der Waals surface area contributed by atoms with Gasteiger partial charge in [0.15, 0.2) is 5.82 Å². The molecular weight excluding hydrogens is 312 g/mol. The van der Waals surface area contributed by atoms with Crippen molar-refractivity contribution >= 4 is 0 Å². The molecule has 1 N–H and O–H groups in total. The summed E-state index contributed by atoms with van der Waals surface area (Å²) >= 11 is 0. The largest absolute Gasteiger partial charge is 0.334 e. The molecular formula is C19H22N6. The lowest BCUT2D eigenvalue weighted by Crippen LogP contribution is -2.26. The van der Waals surface area contributed by atoms with E-state index in [1.165, 1.54) is 11.3 Å². The van der Waals surface area contributed by atoms with Gasteiger partial charge in [0.05, 0.1) is 5.69 Å². The highest BCUT2D eigenvalue weighted by Gasteiger charge is 2.22. The lowest BCUT2D eigenvalue weighted by atomic mass is 9.92. The van der Waals surface area contributed by atoms with Crippen LogP contribution in [0.4, 0.5) is 0 Å². The van der Waals surface area contributed by atoms with Crippen molar-refractivity contribution in [3.05, 3.63) is 59.7 Å². The average molecular weight is 334 g/mol. The van der Waals surface area contributed by atoms with Crippen molar-refractivity contribution in [2.75, 3.05) is 0 Å². The summed E-state index contributed by atoms with van der Waals surface area (Å²) in [7, 11) is 2.05. The van der Waals surface area contributed by atoms with Crippen molar-refractivity contribution in [2.24, 2.45) is 7.05 Å². The lowest BCUT2D eigenvalue weighted by molar-refractivity contribution is 0.446. The molecule has 1 aliphatic rings. The average Bonchev–Trinajstić information content (AvgIpc) is 2.98. The van der Waals surface area contributed by atoms with Gasteiger partial charge in [0.2, 0.25) is 0 Å². The van der Waals surface area contributed by atoms with Crippen molar-refractivity contribution in [2.45, 2.75) is 38.8 Å². The summed E-state index contributed by atoms with van der Waals surface area (Å²) < 4.78 is 2.12. The van der Waals surface area contributed by atoms with Crippen LogP contribution in [-0.4, -0.2) is 24.5 Å². The van der Waals surface area contributed by atoms with Crippen LogP contribution in [-0.2, 0) is 20.0 Å². The van der Waals surface area contributed by atoms with E-state index < -0.39 is 0 Å². The zero-order valence-electron chi connectivity index (χ0n) is 14.6. The van der Waals surface area contributed by atoms with Crippen LogP contribution in [0, 0.1) is 6.92 Å². The zero-order chi connectivity index (χ0) is 17.2. The van der Waals surface area contributed by atoms with Gasteiger partial charge in [0.1, 0.15) is 5.82 Å². The first-order valence-corrected chi connectivity index (χ1v) is 8.69. The minimum atomic E-state index is 0.293. The van der Waals surface area contributed by atoms with Crippen LogP contribution in [0.1, 0.15) is 41.7 Å². The van der Waals surface area contributed by atoms with E-state index in [4.69, 9.17) is 4.98 Å². The molecule has 4 rings (SSSR count). The monoisotopic (exact) mass is 334 g/mol. The van der Waals surface area contributed by atoms with E-state index in [9.17, 15) is 0 Å². The quantitative estimate of drug-likeness (QED) is 0.794. The molecule has 0 aromatic carbocycles. The summed E-state index contributed by atoms with van der Waals surface area (Å²) in [5, 5.41) is 3.65.